The van der Waals surface area contributed by atoms with Gasteiger partial charge in [-0.15, -0.1) is 0 Å². The number of hydrogen-bond acceptors (Lipinski definition) is 2. The van der Waals surface area contributed by atoms with Gasteiger partial charge in [-0.05, 0) is 31.0 Å². The van der Waals surface area contributed by atoms with Gasteiger partial charge in [0, 0.05) is 13.1 Å². The van der Waals surface area contributed by atoms with Crippen molar-refractivity contribution in [2.24, 2.45) is 0 Å². The van der Waals surface area contributed by atoms with Crippen molar-refractivity contribution in [3.8, 4) is 0 Å². The summed E-state index contributed by atoms with van der Waals surface area (Å²) in [4.78, 5) is 0. The molecule has 0 saturated carbocycles. The van der Waals surface area contributed by atoms with Gasteiger partial charge in [-0.3, -0.25) is 0 Å². The van der Waals surface area contributed by atoms with Crippen LogP contribution in [0, 0.1) is 5.82 Å². The fourth-order valence-electron chi connectivity index (χ4n) is 1.71. The van der Waals surface area contributed by atoms with E-state index in [4.69, 9.17) is 0 Å². The molecule has 2 N–H and O–H groups in total. The van der Waals surface area contributed by atoms with Gasteiger partial charge in [-0.1, -0.05) is 25.5 Å². The van der Waals surface area contributed by atoms with Gasteiger partial charge in [0.2, 0.25) is 0 Å². The van der Waals surface area contributed by atoms with E-state index < -0.39 is 5.60 Å². The third-order valence-electron chi connectivity index (χ3n) is 2.54. The van der Waals surface area contributed by atoms with Crippen LogP contribution in [-0.2, 0) is 6.54 Å². The summed E-state index contributed by atoms with van der Waals surface area (Å²) < 4.78 is 12.6. The van der Waals surface area contributed by atoms with E-state index in [2.05, 4.69) is 12.2 Å². The highest BCUT2D eigenvalue weighted by Gasteiger charge is 2.17. The van der Waals surface area contributed by atoms with Crippen molar-refractivity contribution in [1.82, 2.24) is 5.32 Å². The van der Waals surface area contributed by atoms with Crippen LogP contribution in [0.3, 0.4) is 0 Å². The molecule has 0 fully saturated rings. The van der Waals surface area contributed by atoms with E-state index in [9.17, 15) is 9.50 Å². The molecule has 90 valence electrons. The third kappa shape index (κ3) is 4.73. The molecular formula is C13H20FNO. The second-order valence-corrected chi connectivity index (χ2v) is 4.48. The summed E-state index contributed by atoms with van der Waals surface area (Å²) in [5.74, 6) is -0.221. The molecule has 0 heterocycles. The SMILES string of the molecule is CCCC(C)(O)CNCc1ccc(F)cc1. The van der Waals surface area contributed by atoms with Crippen LogP contribution in [0.2, 0.25) is 0 Å². The monoisotopic (exact) mass is 225 g/mol. The second kappa shape index (κ2) is 5.97. The molecule has 0 radical (unpaired) electrons. The summed E-state index contributed by atoms with van der Waals surface area (Å²) in [6.45, 7) is 5.08. The molecule has 3 heteroatoms. The Morgan fingerprint density at radius 1 is 1.31 bits per heavy atom. The molecule has 0 saturated heterocycles. The average molecular weight is 225 g/mol. The molecule has 0 aliphatic carbocycles. The highest BCUT2D eigenvalue weighted by atomic mass is 19.1. The number of rotatable bonds is 6. The van der Waals surface area contributed by atoms with Crippen LogP contribution >= 0.6 is 0 Å². The molecule has 0 aromatic heterocycles. The van der Waals surface area contributed by atoms with E-state index in [-0.39, 0.29) is 5.82 Å². The Balaban J connectivity index is 2.32. The van der Waals surface area contributed by atoms with E-state index in [1.54, 1.807) is 12.1 Å². The van der Waals surface area contributed by atoms with Gasteiger partial charge in [0.1, 0.15) is 5.82 Å². The first-order valence-electron chi connectivity index (χ1n) is 5.71. The lowest BCUT2D eigenvalue weighted by molar-refractivity contribution is 0.0498. The Labute approximate surface area is 96.5 Å². The van der Waals surface area contributed by atoms with Crippen molar-refractivity contribution in [3.63, 3.8) is 0 Å². The maximum Gasteiger partial charge on any atom is 0.123 e. The number of benzene rings is 1. The third-order valence-corrected chi connectivity index (χ3v) is 2.54. The lowest BCUT2D eigenvalue weighted by Gasteiger charge is -2.23. The zero-order valence-corrected chi connectivity index (χ0v) is 9.96. The molecule has 0 amide bonds. The average Bonchev–Trinajstić information content (AvgIpc) is 2.20. The fourth-order valence-corrected chi connectivity index (χ4v) is 1.71. The van der Waals surface area contributed by atoms with Crippen molar-refractivity contribution >= 4 is 0 Å². The minimum absolute atomic E-state index is 0.221. The van der Waals surface area contributed by atoms with Crippen LogP contribution in [0.15, 0.2) is 24.3 Å². The van der Waals surface area contributed by atoms with Crippen molar-refractivity contribution in [2.75, 3.05) is 6.54 Å². The zero-order chi connectivity index (χ0) is 12.0. The number of aliphatic hydroxyl groups is 1. The summed E-state index contributed by atoms with van der Waals surface area (Å²) >= 11 is 0. The predicted octanol–water partition coefficient (Wildman–Crippen LogP) is 2.47. The molecule has 0 spiro atoms. The van der Waals surface area contributed by atoms with Crippen LogP contribution in [0.5, 0.6) is 0 Å². The van der Waals surface area contributed by atoms with Gasteiger partial charge < -0.3 is 10.4 Å². The van der Waals surface area contributed by atoms with Crippen LogP contribution in [-0.4, -0.2) is 17.3 Å². The van der Waals surface area contributed by atoms with Crippen molar-refractivity contribution in [2.45, 2.75) is 38.8 Å². The van der Waals surface area contributed by atoms with E-state index in [0.29, 0.717) is 13.1 Å². The van der Waals surface area contributed by atoms with E-state index >= 15 is 0 Å². The summed E-state index contributed by atoms with van der Waals surface area (Å²) in [5.41, 5.74) is 0.364. The molecule has 1 atom stereocenters. The Morgan fingerprint density at radius 3 is 2.50 bits per heavy atom. The molecule has 0 bridgehead atoms. The Kier molecular flexibility index (Phi) is 4.90. The Bertz CT molecular complexity index is 308. The standard InChI is InChI=1S/C13H20FNO/c1-3-8-13(2,16)10-15-9-11-4-6-12(14)7-5-11/h4-7,15-16H,3,8-10H2,1-2H3. The molecule has 1 aromatic carbocycles. The molecular weight excluding hydrogens is 205 g/mol. The summed E-state index contributed by atoms with van der Waals surface area (Å²) in [5, 5.41) is 13.1. The van der Waals surface area contributed by atoms with Crippen molar-refractivity contribution < 1.29 is 9.50 Å². The first kappa shape index (κ1) is 13.1. The highest BCUT2D eigenvalue weighted by Crippen LogP contribution is 2.10. The minimum atomic E-state index is -0.658. The van der Waals surface area contributed by atoms with Gasteiger partial charge in [0.25, 0.3) is 0 Å². The predicted molar refractivity (Wildman–Crippen MR) is 63.6 cm³/mol. The summed E-state index contributed by atoms with van der Waals surface area (Å²) in [6, 6.07) is 6.39. The number of nitrogens with one attached hydrogen (secondary N) is 1. The van der Waals surface area contributed by atoms with E-state index in [0.717, 1.165) is 18.4 Å². The second-order valence-electron chi connectivity index (χ2n) is 4.48. The first-order chi connectivity index (χ1) is 7.53. The van der Waals surface area contributed by atoms with Crippen LogP contribution in [0.25, 0.3) is 0 Å². The van der Waals surface area contributed by atoms with Gasteiger partial charge in [0.15, 0.2) is 0 Å². The molecule has 0 aliphatic heterocycles. The van der Waals surface area contributed by atoms with Gasteiger partial charge in [-0.2, -0.15) is 0 Å². The van der Waals surface area contributed by atoms with Crippen LogP contribution in [0.1, 0.15) is 32.3 Å². The van der Waals surface area contributed by atoms with E-state index in [1.165, 1.54) is 12.1 Å². The maximum atomic E-state index is 12.6. The number of halogens is 1. The van der Waals surface area contributed by atoms with Gasteiger partial charge in [0.05, 0.1) is 5.60 Å². The van der Waals surface area contributed by atoms with Crippen molar-refractivity contribution in [3.05, 3.63) is 35.6 Å². The maximum absolute atomic E-state index is 12.6. The van der Waals surface area contributed by atoms with Crippen LogP contribution < -0.4 is 5.32 Å². The highest BCUT2D eigenvalue weighted by molar-refractivity contribution is 5.15. The molecule has 2 nitrogen and oxygen atoms in total. The zero-order valence-electron chi connectivity index (χ0n) is 9.96. The quantitative estimate of drug-likeness (QED) is 0.779. The minimum Gasteiger partial charge on any atom is -0.389 e. The Hall–Kier alpha value is -0.930. The molecule has 0 aliphatic rings. The first-order valence-corrected chi connectivity index (χ1v) is 5.71. The summed E-state index contributed by atoms with van der Waals surface area (Å²) in [6.07, 6.45) is 1.74. The smallest absolute Gasteiger partial charge is 0.123 e. The molecule has 16 heavy (non-hydrogen) atoms. The fraction of sp³-hybridized carbons (Fsp3) is 0.538. The normalized spacial score (nSPS) is 14.8. The lowest BCUT2D eigenvalue weighted by atomic mass is 10.0. The van der Waals surface area contributed by atoms with Crippen molar-refractivity contribution in [1.29, 1.82) is 0 Å². The Morgan fingerprint density at radius 2 is 1.94 bits per heavy atom. The van der Waals surface area contributed by atoms with E-state index in [1.807, 2.05) is 6.92 Å². The lowest BCUT2D eigenvalue weighted by Crippen LogP contribution is -2.37. The summed E-state index contributed by atoms with van der Waals surface area (Å²) in [7, 11) is 0. The topological polar surface area (TPSA) is 32.3 Å². The molecule has 1 aromatic rings. The van der Waals surface area contributed by atoms with Crippen LogP contribution in [0.4, 0.5) is 4.39 Å². The molecule has 1 rings (SSSR count). The van der Waals surface area contributed by atoms with Gasteiger partial charge in [-0.25, -0.2) is 4.39 Å². The number of hydrogen-bond donors (Lipinski definition) is 2. The van der Waals surface area contributed by atoms with Gasteiger partial charge >= 0.3 is 0 Å². The largest absolute Gasteiger partial charge is 0.389 e. The molecule has 1 unspecified atom stereocenters.